The maximum Gasteiger partial charge on any atom is 0.269 e. The number of anilines is 1. The van der Waals surface area contributed by atoms with Crippen LogP contribution in [-0.4, -0.2) is 51.2 Å². The van der Waals surface area contributed by atoms with Gasteiger partial charge in [-0.1, -0.05) is 60.1 Å². The SMILES string of the molecule is NC(=O)c1nn(CC(=O)N2C[C@@H](F)C[C@H]2C(=O)Nc2cccc(-c3ccccc3Cl)c2F)c2ccccc12. The van der Waals surface area contributed by atoms with Crippen LogP contribution in [0, 0.1) is 5.82 Å². The van der Waals surface area contributed by atoms with Crippen molar-refractivity contribution in [2.75, 3.05) is 11.9 Å². The molecule has 3 aromatic carbocycles. The van der Waals surface area contributed by atoms with Crippen molar-refractivity contribution < 1.29 is 23.2 Å². The Morgan fingerprint density at radius 1 is 1.03 bits per heavy atom. The predicted molar refractivity (Wildman–Crippen MR) is 139 cm³/mol. The summed E-state index contributed by atoms with van der Waals surface area (Å²) in [5, 5.41) is 7.47. The molecule has 0 radical (unpaired) electrons. The summed E-state index contributed by atoms with van der Waals surface area (Å²) >= 11 is 6.21. The van der Waals surface area contributed by atoms with E-state index in [0.717, 1.165) is 4.90 Å². The second-order valence-electron chi connectivity index (χ2n) is 8.92. The topological polar surface area (TPSA) is 110 Å². The maximum absolute atomic E-state index is 15.3. The summed E-state index contributed by atoms with van der Waals surface area (Å²) in [5.74, 6) is -2.77. The van der Waals surface area contributed by atoms with Crippen LogP contribution in [0.4, 0.5) is 14.5 Å². The van der Waals surface area contributed by atoms with Gasteiger partial charge >= 0.3 is 0 Å². The van der Waals surface area contributed by atoms with E-state index in [4.69, 9.17) is 17.3 Å². The van der Waals surface area contributed by atoms with Crippen molar-refractivity contribution in [1.29, 1.82) is 0 Å². The monoisotopic (exact) mass is 537 g/mol. The highest BCUT2D eigenvalue weighted by Crippen LogP contribution is 2.33. The number of likely N-dealkylation sites (tertiary alicyclic amines) is 1. The Labute approximate surface area is 221 Å². The standard InChI is InChI=1S/C27H22ClF2N5O3/c28-19-9-3-1-6-16(19)17-8-5-10-20(24(17)30)32-27(38)22-12-15(29)13-34(22)23(36)14-35-21-11-4-2-7-18(21)25(33-35)26(31)37/h1-11,15,22H,12-14H2,(H2,31,37)(H,32,38)/t15-,22-/m0/s1. The molecule has 1 aliphatic rings. The number of fused-ring (bicyclic) bond motifs is 1. The Bertz CT molecular complexity index is 1570. The highest BCUT2D eigenvalue weighted by molar-refractivity contribution is 6.33. The van der Waals surface area contributed by atoms with Crippen LogP contribution in [0.5, 0.6) is 0 Å². The molecule has 2 heterocycles. The van der Waals surface area contributed by atoms with Gasteiger partial charge in [-0.15, -0.1) is 0 Å². The number of alkyl halides is 1. The third-order valence-corrected chi connectivity index (χ3v) is 6.80. The number of nitrogens with zero attached hydrogens (tertiary/aromatic N) is 3. The van der Waals surface area contributed by atoms with E-state index in [0.29, 0.717) is 21.5 Å². The van der Waals surface area contributed by atoms with Crippen molar-refractivity contribution in [2.24, 2.45) is 5.73 Å². The zero-order chi connectivity index (χ0) is 27.0. The van der Waals surface area contributed by atoms with Crippen LogP contribution in [-0.2, 0) is 16.1 Å². The zero-order valence-electron chi connectivity index (χ0n) is 19.9. The number of carbonyl (C=O) groups excluding carboxylic acids is 3. The van der Waals surface area contributed by atoms with E-state index in [1.54, 1.807) is 54.6 Å². The molecule has 8 nitrogen and oxygen atoms in total. The van der Waals surface area contributed by atoms with Gasteiger partial charge < -0.3 is 16.0 Å². The fourth-order valence-electron chi connectivity index (χ4n) is 4.69. The molecular formula is C27H22ClF2N5O3. The minimum atomic E-state index is -1.44. The summed E-state index contributed by atoms with van der Waals surface area (Å²) in [4.78, 5) is 39.3. The van der Waals surface area contributed by atoms with Crippen LogP contribution in [0.3, 0.4) is 0 Å². The van der Waals surface area contributed by atoms with Crippen LogP contribution < -0.4 is 11.1 Å². The molecule has 1 saturated heterocycles. The van der Waals surface area contributed by atoms with Gasteiger partial charge in [0.25, 0.3) is 5.91 Å². The summed E-state index contributed by atoms with van der Waals surface area (Å²) in [6.07, 6.45) is -1.68. The first-order chi connectivity index (χ1) is 18.2. The minimum Gasteiger partial charge on any atom is -0.364 e. The van der Waals surface area contributed by atoms with Gasteiger partial charge in [0.1, 0.15) is 18.8 Å². The van der Waals surface area contributed by atoms with Gasteiger partial charge in [-0.05, 0) is 18.2 Å². The fourth-order valence-corrected chi connectivity index (χ4v) is 4.93. The highest BCUT2D eigenvalue weighted by atomic mass is 35.5. The molecule has 4 aromatic rings. The van der Waals surface area contributed by atoms with Gasteiger partial charge in [0, 0.05) is 28.0 Å². The molecule has 0 bridgehead atoms. The lowest BCUT2D eigenvalue weighted by atomic mass is 10.0. The molecule has 38 heavy (non-hydrogen) atoms. The fraction of sp³-hybridized carbons (Fsp3) is 0.185. The molecule has 11 heteroatoms. The molecule has 3 amide bonds. The lowest BCUT2D eigenvalue weighted by molar-refractivity contribution is -0.137. The van der Waals surface area contributed by atoms with E-state index in [-0.39, 0.29) is 36.5 Å². The molecule has 2 atom stereocenters. The van der Waals surface area contributed by atoms with Gasteiger partial charge in [0.05, 0.1) is 17.7 Å². The average molecular weight is 538 g/mol. The molecule has 0 saturated carbocycles. The summed E-state index contributed by atoms with van der Waals surface area (Å²) < 4.78 is 31.1. The molecule has 1 aromatic heterocycles. The average Bonchev–Trinajstić information content (AvgIpc) is 3.47. The second-order valence-corrected chi connectivity index (χ2v) is 9.33. The zero-order valence-corrected chi connectivity index (χ0v) is 20.7. The van der Waals surface area contributed by atoms with Crippen LogP contribution in [0.1, 0.15) is 16.9 Å². The number of hydrogen-bond donors (Lipinski definition) is 2. The molecule has 3 N–H and O–H groups in total. The molecule has 1 fully saturated rings. The number of carbonyl (C=O) groups is 3. The Balaban J connectivity index is 1.38. The van der Waals surface area contributed by atoms with Gasteiger partial charge in [0.2, 0.25) is 11.8 Å². The van der Waals surface area contributed by atoms with E-state index in [1.165, 1.54) is 16.8 Å². The molecule has 0 unspecified atom stereocenters. The van der Waals surface area contributed by atoms with Gasteiger partial charge in [0.15, 0.2) is 11.5 Å². The van der Waals surface area contributed by atoms with Gasteiger partial charge in [-0.3, -0.25) is 19.1 Å². The first kappa shape index (κ1) is 25.3. The van der Waals surface area contributed by atoms with Crippen molar-refractivity contribution in [3.8, 4) is 11.1 Å². The van der Waals surface area contributed by atoms with Crippen molar-refractivity contribution >= 4 is 45.9 Å². The predicted octanol–water partition coefficient (Wildman–Crippen LogP) is 4.17. The molecular weight excluding hydrogens is 516 g/mol. The second kappa shape index (κ2) is 10.2. The summed E-state index contributed by atoms with van der Waals surface area (Å²) in [6.45, 7) is -0.651. The Morgan fingerprint density at radius 3 is 2.50 bits per heavy atom. The van der Waals surface area contributed by atoms with E-state index < -0.39 is 35.8 Å². The molecule has 0 spiro atoms. The quantitative estimate of drug-likeness (QED) is 0.384. The normalized spacial score (nSPS) is 17.1. The number of hydrogen-bond acceptors (Lipinski definition) is 4. The van der Waals surface area contributed by atoms with Gasteiger partial charge in [-0.2, -0.15) is 5.10 Å². The molecule has 5 rings (SSSR count). The van der Waals surface area contributed by atoms with Gasteiger partial charge in [-0.25, -0.2) is 8.78 Å². The van der Waals surface area contributed by atoms with Crippen LogP contribution >= 0.6 is 11.6 Å². The van der Waals surface area contributed by atoms with E-state index in [9.17, 15) is 18.8 Å². The van der Waals surface area contributed by atoms with Crippen molar-refractivity contribution in [3.05, 3.63) is 83.3 Å². The Hall–Kier alpha value is -4.31. The molecule has 1 aliphatic heterocycles. The van der Waals surface area contributed by atoms with E-state index in [2.05, 4.69) is 10.4 Å². The number of nitrogens with two attached hydrogens (primary N) is 1. The van der Waals surface area contributed by atoms with Crippen LogP contribution in [0.25, 0.3) is 22.0 Å². The lowest BCUT2D eigenvalue weighted by Gasteiger charge is -2.24. The van der Waals surface area contributed by atoms with E-state index in [1.807, 2.05) is 0 Å². The van der Waals surface area contributed by atoms with Crippen molar-refractivity contribution in [1.82, 2.24) is 14.7 Å². The van der Waals surface area contributed by atoms with E-state index >= 15 is 4.39 Å². The smallest absolute Gasteiger partial charge is 0.269 e. The number of para-hydroxylation sites is 1. The molecule has 0 aliphatic carbocycles. The Kier molecular flexibility index (Phi) is 6.81. The number of primary amides is 1. The number of halogens is 3. The third-order valence-electron chi connectivity index (χ3n) is 6.47. The lowest BCUT2D eigenvalue weighted by Crippen LogP contribution is -2.44. The number of benzene rings is 3. The maximum atomic E-state index is 15.3. The van der Waals surface area contributed by atoms with Crippen molar-refractivity contribution in [3.63, 3.8) is 0 Å². The summed E-state index contributed by atoms with van der Waals surface area (Å²) in [5.41, 5.74) is 6.43. The van der Waals surface area contributed by atoms with Crippen molar-refractivity contribution in [2.45, 2.75) is 25.2 Å². The minimum absolute atomic E-state index is 0.00126. The number of amides is 3. The summed E-state index contributed by atoms with van der Waals surface area (Å²) in [7, 11) is 0. The first-order valence-corrected chi connectivity index (χ1v) is 12.2. The Morgan fingerprint density at radius 2 is 1.74 bits per heavy atom. The molecule has 194 valence electrons. The first-order valence-electron chi connectivity index (χ1n) is 11.8. The third kappa shape index (κ3) is 4.70. The van der Waals surface area contributed by atoms with Crippen LogP contribution in [0.2, 0.25) is 5.02 Å². The largest absolute Gasteiger partial charge is 0.364 e. The number of aromatic nitrogens is 2. The van der Waals surface area contributed by atoms with Crippen LogP contribution in [0.15, 0.2) is 66.7 Å². The summed E-state index contributed by atoms with van der Waals surface area (Å²) in [6, 6.07) is 16.8. The number of rotatable bonds is 6. The highest BCUT2D eigenvalue weighted by Gasteiger charge is 2.40. The number of nitrogens with one attached hydrogen (secondary N) is 1.